The van der Waals surface area contributed by atoms with Crippen LogP contribution in [0.3, 0.4) is 0 Å². The minimum absolute atomic E-state index is 0.00705. The molecule has 0 bridgehead atoms. The highest BCUT2D eigenvalue weighted by Crippen LogP contribution is 2.26. The first-order valence-electron chi connectivity index (χ1n) is 7.95. The number of primary amides is 1. The Bertz CT molecular complexity index is 925. The number of rotatable bonds is 5. The van der Waals surface area contributed by atoms with E-state index in [0.29, 0.717) is 16.8 Å². The largest absolute Gasteiger partial charge is 0.393 e. The molecular formula is C20H17FN2O3. The third-order valence-corrected chi connectivity index (χ3v) is 4.02. The average Bonchev–Trinajstić information content (AvgIpc) is 2.67. The van der Waals surface area contributed by atoms with Crippen molar-refractivity contribution in [2.75, 3.05) is 6.61 Å². The molecule has 0 spiro atoms. The summed E-state index contributed by atoms with van der Waals surface area (Å²) in [5, 5.41) is 19.0. The molecule has 0 aliphatic rings. The van der Waals surface area contributed by atoms with E-state index in [1.165, 1.54) is 18.2 Å². The number of carbonyl (C=O) groups is 1. The summed E-state index contributed by atoms with van der Waals surface area (Å²) in [5.74, 6) is -1.02. The first-order chi connectivity index (χ1) is 12.5. The van der Waals surface area contributed by atoms with Gasteiger partial charge in [0.05, 0.1) is 12.3 Å². The minimum Gasteiger partial charge on any atom is -0.393 e. The van der Waals surface area contributed by atoms with Gasteiger partial charge in [0.15, 0.2) is 0 Å². The smallest absolute Gasteiger partial charge is 0.267 e. The summed E-state index contributed by atoms with van der Waals surface area (Å²) in [7, 11) is 0. The molecule has 1 heterocycles. The number of aromatic nitrogens is 1. The number of hydrogen-bond donors (Lipinski definition) is 3. The Balaban J connectivity index is 1.99. The van der Waals surface area contributed by atoms with Crippen LogP contribution in [-0.4, -0.2) is 27.7 Å². The normalized spacial score (nSPS) is 12.0. The van der Waals surface area contributed by atoms with Crippen LogP contribution < -0.4 is 5.73 Å². The van der Waals surface area contributed by atoms with Crippen molar-refractivity contribution in [3.05, 3.63) is 77.7 Å². The number of nitrogens with zero attached hydrogens (tertiary/aromatic N) is 1. The van der Waals surface area contributed by atoms with Crippen molar-refractivity contribution in [1.82, 2.24) is 4.98 Å². The van der Waals surface area contributed by atoms with Gasteiger partial charge in [-0.3, -0.25) is 4.79 Å². The van der Waals surface area contributed by atoms with E-state index in [1.54, 1.807) is 30.3 Å². The van der Waals surface area contributed by atoms with Gasteiger partial charge in [0, 0.05) is 5.56 Å². The molecule has 0 saturated carbocycles. The highest BCUT2D eigenvalue weighted by Gasteiger charge is 2.14. The number of benzene rings is 2. The molecule has 1 aromatic heterocycles. The van der Waals surface area contributed by atoms with Gasteiger partial charge in [-0.2, -0.15) is 0 Å². The molecule has 26 heavy (non-hydrogen) atoms. The maximum atomic E-state index is 13.0. The number of amides is 1. The number of aliphatic hydroxyl groups excluding tert-OH is 2. The van der Waals surface area contributed by atoms with Crippen molar-refractivity contribution in [1.29, 1.82) is 0 Å². The van der Waals surface area contributed by atoms with E-state index < -0.39 is 18.6 Å². The summed E-state index contributed by atoms with van der Waals surface area (Å²) in [4.78, 5) is 15.7. The van der Waals surface area contributed by atoms with Crippen molar-refractivity contribution in [2.45, 2.75) is 6.10 Å². The second-order valence-corrected chi connectivity index (χ2v) is 5.82. The summed E-state index contributed by atoms with van der Waals surface area (Å²) in [5.41, 5.74) is 8.60. The topological polar surface area (TPSA) is 96.4 Å². The molecule has 1 atom stereocenters. The van der Waals surface area contributed by atoms with Gasteiger partial charge in [0.25, 0.3) is 5.91 Å². The molecule has 0 unspecified atom stereocenters. The van der Waals surface area contributed by atoms with Gasteiger partial charge >= 0.3 is 0 Å². The molecule has 0 saturated heterocycles. The quantitative estimate of drug-likeness (QED) is 0.658. The molecule has 6 heteroatoms. The Morgan fingerprint density at radius 2 is 1.54 bits per heavy atom. The van der Waals surface area contributed by atoms with E-state index in [0.717, 1.165) is 11.1 Å². The standard InChI is InChI=1S/C20H17FN2O3/c21-16-7-5-13(6-8-16)12-1-3-14(4-2-12)17-9-15(19(25)11-24)10-18(23-17)20(22)26/h1-10,19,24-25H,11H2,(H2,22,26)/t19-/m0/s1. The molecule has 132 valence electrons. The van der Waals surface area contributed by atoms with Crippen LogP contribution in [0.5, 0.6) is 0 Å². The summed E-state index contributed by atoms with van der Waals surface area (Å²) in [6.07, 6.45) is -1.13. The number of hydrogen-bond acceptors (Lipinski definition) is 4. The van der Waals surface area contributed by atoms with Crippen molar-refractivity contribution in [3.63, 3.8) is 0 Å². The second kappa shape index (κ2) is 7.43. The maximum absolute atomic E-state index is 13.0. The molecule has 1 amide bonds. The Hall–Kier alpha value is -3.09. The van der Waals surface area contributed by atoms with E-state index in [-0.39, 0.29) is 11.5 Å². The first kappa shape index (κ1) is 17.7. The van der Waals surface area contributed by atoms with E-state index in [2.05, 4.69) is 4.98 Å². The number of nitrogens with two attached hydrogens (primary N) is 1. The highest BCUT2D eigenvalue weighted by molar-refractivity contribution is 5.91. The Labute approximate surface area is 149 Å². The Morgan fingerprint density at radius 1 is 1.00 bits per heavy atom. The van der Waals surface area contributed by atoms with Gasteiger partial charge in [-0.05, 0) is 41.0 Å². The average molecular weight is 352 g/mol. The van der Waals surface area contributed by atoms with E-state index in [1.807, 2.05) is 12.1 Å². The fraction of sp³-hybridized carbons (Fsp3) is 0.100. The van der Waals surface area contributed by atoms with Crippen LogP contribution in [0.15, 0.2) is 60.7 Å². The van der Waals surface area contributed by atoms with Gasteiger partial charge in [-0.25, -0.2) is 9.37 Å². The Morgan fingerprint density at radius 3 is 2.08 bits per heavy atom. The monoisotopic (exact) mass is 352 g/mol. The van der Waals surface area contributed by atoms with E-state index in [9.17, 15) is 14.3 Å². The molecule has 0 fully saturated rings. The number of aliphatic hydroxyl groups is 2. The lowest BCUT2D eigenvalue weighted by atomic mass is 10.0. The molecular weight excluding hydrogens is 335 g/mol. The van der Waals surface area contributed by atoms with Crippen molar-refractivity contribution in [2.24, 2.45) is 5.73 Å². The predicted molar refractivity (Wildman–Crippen MR) is 95.6 cm³/mol. The summed E-state index contributed by atoms with van der Waals surface area (Å²) in [6.45, 7) is -0.481. The van der Waals surface area contributed by atoms with Crippen LogP contribution in [0.25, 0.3) is 22.4 Å². The van der Waals surface area contributed by atoms with Gasteiger partial charge in [-0.1, -0.05) is 36.4 Å². The molecule has 5 nitrogen and oxygen atoms in total. The van der Waals surface area contributed by atoms with Crippen LogP contribution in [0.1, 0.15) is 22.2 Å². The molecule has 4 N–H and O–H groups in total. The molecule has 3 rings (SSSR count). The van der Waals surface area contributed by atoms with Crippen LogP contribution >= 0.6 is 0 Å². The summed E-state index contributed by atoms with van der Waals surface area (Å²) >= 11 is 0. The zero-order chi connectivity index (χ0) is 18.7. The summed E-state index contributed by atoms with van der Waals surface area (Å²) < 4.78 is 13.0. The van der Waals surface area contributed by atoms with Gasteiger partial charge in [-0.15, -0.1) is 0 Å². The minimum atomic E-state index is -1.13. The van der Waals surface area contributed by atoms with E-state index >= 15 is 0 Å². The molecule has 0 aliphatic carbocycles. The van der Waals surface area contributed by atoms with Gasteiger partial charge < -0.3 is 15.9 Å². The van der Waals surface area contributed by atoms with Gasteiger partial charge in [0.2, 0.25) is 0 Å². The molecule has 2 aromatic carbocycles. The predicted octanol–water partition coefficient (Wildman–Crippen LogP) is 2.68. The number of halogens is 1. The lowest BCUT2D eigenvalue weighted by Gasteiger charge is -2.11. The van der Waals surface area contributed by atoms with Gasteiger partial charge in [0.1, 0.15) is 17.6 Å². The summed E-state index contributed by atoms with van der Waals surface area (Å²) in [6, 6.07) is 16.4. The fourth-order valence-electron chi connectivity index (χ4n) is 2.60. The van der Waals surface area contributed by atoms with Crippen LogP contribution in [0, 0.1) is 5.82 Å². The zero-order valence-electron chi connectivity index (χ0n) is 13.8. The molecule has 0 aliphatic heterocycles. The lowest BCUT2D eigenvalue weighted by Crippen LogP contribution is -2.15. The number of carbonyl (C=O) groups excluding carboxylic acids is 1. The van der Waals surface area contributed by atoms with Crippen molar-refractivity contribution in [3.8, 4) is 22.4 Å². The SMILES string of the molecule is NC(=O)c1cc([C@@H](O)CO)cc(-c2ccc(-c3ccc(F)cc3)cc2)n1. The number of pyridine rings is 1. The van der Waals surface area contributed by atoms with Crippen LogP contribution in [0.4, 0.5) is 4.39 Å². The fourth-order valence-corrected chi connectivity index (χ4v) is 2.60. The lowest BCUT2D eigenvalue weighted by molar-refractivity contribution is 0.0948. The van der Waals surface area contributed by atoms with Crippen LogP contribution in [0.2, 0.25) is 0 Å². The highest BCUT2D eigenvalue weighted by atomic mass is 19.1. The maximum Gasteiger partial charge on any atom is 0.267 e. The molecule has 0 radical (unpaired) electrons. The third kappa shape index (κ3) is 3.77. The second-order valence-electron chi connectivity index (χ2n) is 5.82. The van der Waals surface area contributed by atoms with E-state index in [4.69, 9.17) is 10.8 Å². The van der Waals surface area contributed by atoms with Crippen molar-refractivity contribution < 1.29 is 19.4 Å². The first-order valence-corrected chi connectivity index (χ1v) is 7.95. The Kier molecular flexibility index (Phi) is 5.06. The zero-order valence-corrected chi connectivity index (χ0v) is 13.8. The molecule has 3 aromatic rings. The van der Waals surface area contributed by atoms with Crippen molar-refractivity contribution >= 4 is 5.91 Å². The third-order valence-electron chi connectivity index (χ3n) is 4.02. The van der Waals surface area contributed by atoms with Crippen LogP contribution in [-0.2, 0) is 0 Å².